The molecule has 0 unspecified atom stereocenters. The van der Waals surface area contributed by atoms with Crippen molar-refractivity contribution in [3.05, 3.63) is 36.9 Å². The van der Waals surface area contributed by atoms with Crippen molar-refractivity contribution in [2.75, 3.05) is 44.6 Å². The van der Waals surface area contributed by atoms with E-state index in [0.29, 0.717) is 38.4 Å². The van der Waals surface area contributed by atoms with Gasteiger partial charge in [0.25, 0.3) is 0 Å². The molecule has 0 atom stereocenters. The van der Waals surface area contributed by atoms with Crippen LogP contribution in [0, 0.1) is 0 Å². The first-order valence-corrected chi connectivity index (χ1v) is 8.18. The van der Waals surface area contributed by atoms with Gasteiger partial charge in [0.15, 0.2) is 0 Å². The highest BCUT2D eigenvalue weighted by Gasteiger charge is 2.22. The normalized spacial score (nSPS) is 14.8. The maximum Gasteiger partial charge on any atom is 0.387 e. The van der Waals surface area contributed by atoms with Crippen molar-refractivity contribution in [1.29, 1.82) is 0 Å². The number of ether oxygens (including phenoxy) is 1. The lowest BCUT2D eigenvalue weighted by Gasteiger charge is -2.34. The quantitative estimate of drug-likeness (QED) is 0.719. The number of carbonyl (C=O) groups excluding carboxylic acids is 2. The van der Waals surface area contributed by atoms with Crippen molar-refractivity contribution < 1.29 is 23.1 Å². The zero-order valence-corrected chi connectivity index (χ0v) is 14.3. The minimum atomic E-state index is -2.92. The first kappa shape index (κ1) is 19.6. The molecule has 0 aliphatic carbocycles. The lowest BCUT2D eigenvalue weighted by atomic mass is 10.3. The molecule has 9 heteroatoms. The minimum Gasteiger partial charge on any atom is -0.435 e. The Kier molecular flexibility index (Phi) is 7.34. The average Bonchev–Trinajstić information content (AvgIpc) is 2.60. The Morgan fingerprint density at radius 2 is 2.00 bits per heavy atom. The van der Waals surface area contributed by atoms with E-state index in [-0.39, 0.29) is 24.2 Å². The van der Waals surface area contributed by atoms with Crippen LogP contribution in [0.2, 0.25) is 0 Å². The highest BCUT2D eigenvalue weighted by Crippen LogP contribution is 2.19. The third-order valence-corrected chi connectivity index (χ3v) is 3.78. The molecule has 0 saturated carbocycles. The van der Waals surface area contributed by atoms with Gasteiger partial charge in [-0.15, -0.1) is 6.58 Å². The van der Waals surface area contributed by atoms with Crippen LogP contribution in [-0.4, -0.2) is 67.6 Å². The second-order valence-corrected chi connectivity index (χ2v) is 5.69. The zero-order chi connectivity index (χ0) is 18.9. The van der Waals surface area contributed by atoms with Crippen LogP contribution >= 0.6 is 0 Å². The van der Waals surface area contributed by atoms with Crippen molar-refractivity contribution >= 4 is 17.6 Å². The summed E-state index contributed by atoms with van der Waals surface area (Å²) in [6.07, 6.45) is 1.61. The molecule has 0 spiro atoms. The summed E-state index contributed by atoms with van der Waals surface area (Å²) in [7, 11) is 0. The number of carbonyl (C=O) groups is 2. The monoisotopic (exact) mass is 368 g/mol. The van der Waals surface area contributed by atoms with Crippen molar-refractivity contribution in [3.8, 4) is 5.75 Å². The standard InChI is InChI=1S/C17H22F2N4O3/c1-2-6-20-15(24)12-22-7-9-23(10-8-22)17(25)21-13-4-3-5-14(11-13)26-16(18)19/h2-5,11,16H,1,6-10,12H2,(H,20,24)(H,21,25). The number of urea groups is 1. The van der Waals surface area contributed by atoms with E-state index in [0.717, 1.165) is 0 Å². The van der Waals surface area contributed by atoms with E-state index in [9.17, 15) is 18.4 Å². The van der Waals surface area contributed by atoms with Gasteiger partial charge in [-0.1, -0.05) is 12.1 Å². The summed E-state index contributed by atoms with van der Waals surface area (Å²) in [6, 6.07) is 5.51. The predicted octanol–water partition coefficient (Wildman–Crippen LogP) is 1.74. The van der Waals surface area contributed by atoms with Crippen molar-refractivity contribution in [2.24, 2.45) is 0 Å². The summed E-state index contributed by atoms with van der Waals surface area (Å²) in [5.74, 6) is -0.105. The highest BCUT2D eigenvalue weighted by molar-refractivity contribution is 5.89. The predicted molar refractivity (Wildman–Crippen MR) is 93.3 cm³/mol. The Morgan fingerprint density at radius 1 is 1.27 bits per heavy atom. The van der Waals surface area contributed by atoms with Gasteiger partial charge in [0.1, 0.15) is 5.75 Å². The summed E-state index contributed by atoms with van der Waals surface area (Å²) in [4.78, 5) is 27.5. The third kappa shape index (κ3) is 6.32. The van der Waals surface area contributed by atoms with Crippen molar-refractivity contribution in [1.82, 2.24) is 15.1 Å². The van der Waals surface area contributed by atoms with E-state index in [4.69, 9.17) is 0 Å². The number of nitrogens with one attached hydrogen (secondary N) is 2. The lowest BCUT2D eigenvalue weighted by molar-refractivity contribution is -0.122. The number of hydrogen-bond acceptors (Lipinski definition) is 4. The largest absolute Gasteiger partial charge is 0.435 e. The first-order valence-electron chi connectivity index (χ1n) is 8.18. The van der Waals surface area contributed by atoms with E-state index in [2.05, 4.69) is 21.9 Å². The molecular formula is C17H22F2N4O3. The number of alkyl halides is 2. The molecule has 1 aliphatic rings. The molecule has 1 aromatic rings. The van der Waals surface area contributed by atoms with Gasteiger partial charge in [-0.25, -0.2) is 4.79 Å². The number of nitrogens with zero attached hydrogens (tertiary/aromatic N) is 2. The minimum absolute atomic E-state index is 0.0202. The van der Waals surface area contributed by atoms with E-state index in [1.165, 1.54) is 18.2 Å². The number of halogens is 2. The van der Waals surface area contributed by atoms with Crippen LogP contribution in [0.25, 0.3) is 0 Å². The Bertz CT molecular complexity index is 634. The molecule has 1 aliphatic heterocycles. The molecule has 142 valence electrons. The average molecular weight is 368 g/mol. The Labute approximate surface area is 150 Å². The van der Waals surface area contributed by atoms with Gasteiger partial charge in [0.05, 0.1) is 6.54 Å². The van der Waals surface area contributed by atoms with Gasteiger partial charge >= 0.3 is 12.6 Å². The number of benzene rings is 1. The number of rotatable bonds is 7. The molecule has 7 nitrogen and oxygen atoms in total. The highest BCUT2D eigenvalue weighted by atomic mass is 19.3. The number of hydrogen-bond donors (Lipinski definition) is 2. The molecule has 26 heavy (non-hydrogen) atoms. The van der Waals surface area contributed by atoms with Crippen LogP contribution in [0.1, 0.15) is 0 Å². The van der Waals surface area contributed by atoms with Gasteiger partial charge in [0, 0.05) is 44.5 Å². The second kappa shape index (κ2) is 9.71. The van der Waals surface area contributed by atoms with Crippen LogP contribution in [-0.2, 0) is 4.79 Å². The summed E-state index contributed by atoms with van der Waals surface area (Å²) in [5.41, 5.74) is 0.374. The van der Waals surface area contributed by atoms with E-state index in [1.807, 2.05) is 4.90 Å². The van der Waals surface area contributed by atoms with Gasteiger partial charge in [-0.2, -0.15) is 8.78 Å². The third-order valence-electron chi connectivity index (χ3n) is 3.78. The molecular weight excluding hydrogens is 346 g/mol. The fourth-order valence-corrected chi connectivity index (χ4v) is 2.51. The summed E-state index contributed by atoms with van der Waals surface area (Å²) in [6.45, 7) is 3.40. The Hall–Kier alpha value is -2.68. The molecule has 1 saturated heterocycles. The zero-order valence-electron chi connectivity index (χ0n) is 14.3. The van der Waals surface area contributed by atoms with Crippen LogP contribution in [0.5, 0.6) is 5.75 Å². The lowest BCUT2D eigenvalue weighted by Crippen LogP contribution is -2.52. The molecule has 0 aromatic heterocycles. The van der Waals surface area contributed by atoms with Gasteiger partial charge in [-0.05, 0) is 12.1 Å². The van der Waals surface area contributed by atoms with Gasteiger partial charge in [0.2, 0.25) is 5.91 Å². The number of piperazine rings is 1. The van der Waals surface area contributed by atoms with Crippen LogP contribution in [0.3, 0.4) is 0 Å². The molecule has 1 heterocycles. The fraction of sp³-hybridized carbons (Fsp3) is 0.412. The van der Waals surface area contributed by atoms with Crippen molar-refractivity contribution in [3.63, 3.8) is 0 Å². The smallest absolute Gasteiger partial charge is 0.387 e. The van der Waals surface area contributed by atoms with Crippen LogP contribution < -0.4 is 15.4 Å². The molecule has 1 aromatic carbocycles. The summed E-state index contributed by atoms with van der Waals surface area (Å²) >= 11 is 0. The van der Waals surface area contributed by atoms with Crippen LogP contribution in [0.15, 0.2) is 36.9 Å². The first-order chi connectivity index (χ1) is 12.5. The second-order valence-electron chi connectivity index (χ2n) is 5.69. The van der Waals surface area contributed by atoms with E-state index in [1.54, 1.807) is 17.0 Å². The molecule has 2 N–H and O–H groups in total. The maximum atomic E-state index is 12.3. The van der Waals surface area contributed by atoms with Crippen molar-refractivity contribution in [2.45, 2.75) is 6.61 Å². The maximum absolute atomic E-state index is 12.3. The molecule has 0 bridgehead atoms. The Morgan fingerprint density at radius 3 is 2.65 bits per heavy atom. The molecule has 2 rings (SSSR count). The topological polar surface area (TPSA) is 73.9 Å². The van der Waals surface area contributed by atoms with E-state index < -0.39 is 6.61 Å². The Balaban J connectivity index is 1.79. The SMILES string of the molecule is C=CCNC(=O)CN1CCN(C(=O)Nc2cccc(OC(F)F)c2)CC1. The number of anilines is 1. The number of amides is 3. The molecule has 0 radical (unpaired) electrons. The molecule has 1 fully saturated rings. The summed E-state index contributed by atoms with van der Waals surface area (Å²) < 4.78 is 28.8. The van der Waals surface area contributed by atoms with Crippen LogP contribution in [0.4, 0.5) is 19.3 Å². The molecule has 3 amide bonds. The van der Waals surface area contributed by atoms with Gasteiger partial charge in [-0.3, -0.25) is 9.69 Å². The summed E-state index contributed by atoms with van der Waals surface area (Å²) in [5, 5.41) is 5.37. The van der Waals surface area contributed by atoms with E-state index >= 15 is 0 Å². The van der Waals surface area contributed by atoms with Gasteiger partial charge < -0.3 is 20.3 Å². The fourth-order valence-electron chi connectivity index (χ4n) is 2.51.